The SMILES string of the molecule is CCCNc1nc2c(C)cccn2c(=O)c1/C=C1/SC(=S)N([C@H](C)c2ccccc2)C1=O. The number of thioether (sulfide) groups is 1. The molecule has 1 amide bonds. The second-order valence-corrected chi connectivity index (χ2v) is 9.30. The van der Waals surface area contributed by atoms with E-state index in [9.17, 15) is 9.59 Å². The van der Waals surface area contributed by atoms with E-state index >= 15 is 0 Å². The van der Waals surface area contributed by atoms with Gasteiger partial charge in [-0.25, -0.2) is 4.98 Å². The summed E-state index contributed by atoms with van der Waals surface area (Å²) in [5.74, 6) is 0.277. The first-order chi connectivity index (χ1) is 15.4. The highest BCUT2D eigenvalue weighted by Gasteiger charge is 2.36. The van der Waals surface area contributed by atoms with Crippen LogP contribution in [-0.2, 0) is 4.79 Å². The fourth-order valence-electron chi connectivity index (χ4n) is 3.65. The average molecular weight is 465 g/mol. The standard InChI is InChI=1S/C24H24N4O2S2/c1-4-12-25-20-18(22(29)27-13-8-9-15(2)21(27)26-20)14-19-23(30)28(24(31)32-19)16(3)17-10-6-5-7-11-17/h5-11,13-14,16,25H,4,12H2,1-3H3/b19-14+/t16-/m1/s1. The van der Waals surface area contributed by atoms with Crippen molar-refractivity contribution in [3.63, 3.8) is 0 Å². The molecular weight excluding hydrogens is 440 g/mol. The lowest BCUT2D eigenvalue weighted by Gasteiger charge is -2.23. The van der Waals surface area contributed by atoms with E-state index in [-0.39, 0.29) is 17.5 Å². The van der Waals surface area contributed by atoms with E-state index in [1.807, 2.05) is 63.2 Å². The third kappa shape index (κ3) is 4.08. The van der Waals surface area contributed by atoms with Crippen LogP contribution in [0.4, 0.5) is 5.82 Å². The first-order valence-corrected chi connectivity index (χ1v) is 11.7. The number of nitrogens with one attached hydrogen (secondary N) is 1. The van der Waals surface area contributed by atoms with Gasteiger partial charge < -0.3 is 5.32 Å². The van der Waals surface area contributed by atoms with Crippen molar-refractivity contribution in [3.05, 3.63) is 80.6 Å². The van der Waals surface area contributed by atoms with E-state index in [1.54, 1.807) is 17.2 Å². The van der Waals surface area contributed by atoms with Gasteiger partial charge >= 0.3 is 0 Å². The summed E-state index contributed by atoms with van der Waals surface area (Å²) >= 11 is 6.74. The van der Waals surface area contributed by atoms with E-state index < -0.39 is 0 Å². The number of fused-ring (bicyclic) bond motifs is 1. The maximum absolute atomic E-state index is 13.3. The topological polar surface area (TPSA) is 66.7 Å². The van der Waals surface area contributed by atoms with Gasteiger partial charge in [-0.15, -0.1) is 0 Å². The molecule has 2 aromatic heterocycles. The van der Waals surface area contributed by atoms with Gasteiger partial charge in [-0.05, 0) is 43.5 Å². The first-order valence-electron chi connectivity index (χ1n) is 10.5. The van der Waals surface area contributed by atoms with Crippen molar-refractivity contribution in [1.29, 1.82) is 0 Å². The molecule has 0 spiro atoms. The molecule has 0 unspecified atom stereocenters. The highest BCUT2D eigenvalue weighted by Crippen LogP contribution is 2.38. The Hall–Kier alpha value is -2.97. The number of thiocarbonyl (C=S) groups is 1. The van der Waals surface area contributed by atoms with E-state index in [1.165, 1.54) is 16.2 Å². The molecule has 1 saturated heterocycles. The van der Waals surface area contributed by atoms with Crippen LogP contribution >= 0.6 is 24.0 Å². The second kappa shape index (κ2) is 9.26. The number of pyridine rings is 1. The van der Waals surface area contributed by atoms with Crippen LogP contribution < -0.4 is 10.9 Å². The van der Waals surface area contributed by atoms with Crippen LogP contribution in [0.15, 0.2) is 58.4 Å². The minimum Gasteiger partial charge on any atom is -0.369 e. The molecule has 164 valence electrons. The van der Waals surface area contributed by atoms with Crippen molar-refractivity contribution >= 4 is 51.7 Å². The largest absolute Gasteiger partial charge is 0.369 e. The lowest BCUT2D eigenvalue weighted by atomic mass is 10.1. The summed E-state index contributed by atoms with van der Waals surface area (Å²) in [6.45, 7) is 6.58. The molecule has 32 heavy (non-hydrogen) atoms. The zero-order valence-corrected chi connectivity index (χ0v) is 19.8. The molecule has 8 heteroatoms. The minimum absolute atomic E-state index is 0.202. The van der Waals surface area contributed by atoms with Crippen molar-refractivity contribution in [2.75, 3.05) is 11.9 Å². The van der Waals surface area contributed by atoms with Crippen molar-refractivity contribution in [2.45, 2.75) is 33.2 Å². The monoisotopic (exact) mass is 464 g/mol. The number of carbonyl (C=O) groups is 1. The minimum atomic E-state index is -0.223. The molecule has 1 N–H and O–H groups in total. The summed E-state index contributed by atoms with van der Waals surface area (Å²) in [6.07, 6.45) is 4.20. The Morgan fingerprint density at radius 2 is 1.94 bits per heavy atom. The Kier molecular flexibility index (Phi) is 6.43. The number of benzene rings is 1. The van der Waals surface area contributed by atoms with Gasteiger partial charge in [0.25, 0.3) is 11.5 Å². The summed E-state index contributed by atoms with van der Waals surface area (Å²) < 4.78 is 2.00. The number of rotatable bonds is 6. The zero-order chi connectivity index (χ0) is 22.8. The van der Waals surface area contributed by atoms with Crippen molar-refractivity contribution in [1.82, 2.24) is 14.3 Å². The Bertz CT molecular complexity index is 1280. The second-order valence-electron chi connectivity index (χ2n) is 7.63. The van der Waals surface area contributed by atoms with Gasteiger partial charge in [0, 0.05) is 12.7 Å². The smallest absolute Gasteiger partial charge is 0.267 e. The van der Waals surface area contributed by atoms with E-state index in [4.69, 9.17) is 17.2 Å². The van der Waals surface area contributed by atoms with Crippen molar-refractivity contribution in [3.8, 4) is 0 Å². The maximum Gasteiger partial charge on any atom is 0.267 e. The highest BCUT2D eigenvalue weighted by molar-refractivity contribution is 8.26. The number of aryl methyl sites for hydroxylation is 1. The molecule has 0 bridgehead atoms. The molecule has 1 aliphatic heterocycles. The fraction of sp³-hybridized carbons (Fsp3) is 0.250. The summed E-state index contributed by atoms with van der Waals surface area (Å²) in [5, 5.41) is 3.25. The number of amides is 1. The third-order valence-corrected chi connectivity index (χ3v) is 6.73. The van der Waals surface area contributed by atoms with E-state index in [0.29, 0.717) is 32.8 Å². The number of carbonyl (C=O) groups excluding carboxylic acids is 1. The number of hydrogen-bond donors (Lipinski definition) is 1. The van der Waals surface area contributed by atoms with Crippen LogP contribution in [0.3, 0.4) is 0 Å². The van der Waals surface area contributed by atoms with Gasteiger partial charge in [-0.2, -0.15) is 0 Å². The number of anilines is 1. The van der Waals surface area contributed by atoms with Gasteiger partial charge in [-0.1, -0.05) is 67.3 Å². The molecule has 4 rings (SSSR count). The van der Waals surface area contributed by atoms with Gasteiger partial charge in [0.2, 0.25) is 0 Å². The lowest BCUT2D eigenvalue weighted by molar-refractivity contribution is -0.123. The molecule has 6 nitrogen and oxygen atoms in total. The Labute approximate surface area is 196 Å². The summed E-state index contributed by atoms with van der Waals surface area (Å²) in [4.78, 5) is 33.4. The maximum atomic E-state index is 13.3. The predicted octanol–water partition coefficient (Wildman–Crippen LogP) is 4.79. The molecule has 1 aromatic carbocycles. The van der Waals surface area contributed by atoms with Gasteiger partial charge in [0.15, 0.2) is 0 Å². The van der Waals surface area contributed by atoms with Crippen LogP contribution in [0, 0.1) is 6.92 Å². The number of hydrogen-bond acceptors (Lipinski definition) is 6. The van der Waals surface area contributed by atoms with Gasteiger partial charge in [-0.3, -0.25) is 18.9 Å². The first kappa shape index (κ1) is 22.2. The van der Waals surface area contributed by atoms with Gasteiger partial charge in [0.05, 0.1) is 16.5 Å². The third-order valence-electron chi connectivity index (χ3n) is 5.39. The summed E-state index contributed by atoms with van der Waals surface area (Å²) in [6, 6.07) is 13.3. The predicted molar refractivity (Wildman–Crippen MR) is 135 cm³/mol. The summed E-state index contributed by atoms with van der Waals surface area (Å²) in [7, 11) is 0. The number of nitrogens with zero attached hydrogens (tertiary/aromatic N) is 3. The van der Waals surface area contributed by atoms with Crippen LogP contribution in [0.1, 0.15) is 43.0 Å². The Balaban J connectivity index is 1.78. The van der Waals surface area contributed by atoms with Crippen LogP contribution in [0.5, 0.6) is 0 Å². The molecular formula is C24H24N4O2S2. The highest BCUT2D eigenvalue weighted by atomic mass is 32.2. The molecule has 0 aliphatic carbocycles. The molecule has 1 fully saturated rings. The molecule has 1 atom stereocenters. The quantitative estimate of drug-likeness (QED) is 0.418. The number of aromatic nitrogens is 2. The Morgan fingerprint density at radius 3 is 2.66 bits per heavy atom. The summed E-state index contributed by atoms with van der Waals surface area (Å²) in [5.41, 5.74) is 2.63. The zero-order valence-electron chi connectivity index (χ0n) is 18.2. The Morgan fingerprint density at radius 1 is 1.19 bits per heavy atom. The van der Waals surface area contributed by atoms with E-state index in [2.05, 4.69) is 5.32 Å². The van der Waals surface area contributed by atoms with Crippen LogP contribution in [0.2, 0.25) is 0 Å². The van der Waals surface area contributed by atoms with Crippen molar-refractivity contribution < 1.29 is 4.79 Å². The van der Waals surface area contributed by atoms with Gasteiger partial charge in [0.1, 0.15) is 15.8 Å². The van der Waals surface area contributed by atoms with E-state index in [0.717, 1.165) is 17.5 Å². The molecule has 3 aromatic rings. The molecule has 3 heterocycles. The molecule has 1 aliphatic rings. The van der Waals surface area contributed by atoms with Crippen molar-refractivity contribution in [2.24, 2.45) is 0 Å². The van der Waals surface area contributed by atoms with Crippen LogP contribution in [0.25, 0.3) is 11.7 Å². The van der Waals surface area contributed by atoms with Crippen LogP contribution in [-0.4, -0.2) is 31.1 Å². The molecule has 0 saturated carbocycles. The average Bonchev–Trinajstić information content (AvgIpc) is 3.08. The fourth-order valence-corrected chi connectivity index (χ4v) is 5.05. The molecule has 0 radical (unpaired) electrons. The normalized spacial score (nSPS) is 16.2. The lowest BCUT2D eigenvalue weighted by Crippen LogP contribution is -2.31.